The summed E-state index contributed by atoms with van der Waals surface area (Å²) in [6.45, 7) is 0. The molecule has 5 rings (SSSR count). The zero-order chi connectivity index (χ0) is 32.3. The molecule has 9 heteroatoms. The first kappa shape index (κ1) is 32.3. The van der Waals surface area contributed by atoms with Gasteiger partial charge in [0.2, 0.25) is 5.91 Å². The Morgan fingerprint density at radius 3 is 2.13 bits per heavy atom. The van der Waals surface area contributed by atoms with Crippen LogP contribution in [0.25, 0.3) is 6.08 Å². The summed E-state index contributed by atoms with van der Waals surface area (Å²) in [6, 6.07) is 40.0. The van der Waals surface area contributed by atoms with Crippen molar-refractivity contribution in [2.75, 3.05) is 17.7 Å². The van der Waals surface area contributed by atoms with Gasteiger partial charge in [-0.3, -0.25) is 14.4 Å². The molecule has 230 valence electrons. The number of benzene rings is 5. The number of nitrogens with one attached hydrogen (secondary N) is 3. The highest BCUT2D eigenvalue weighted by molar-refractivity contribution is 9.10. The van der Waals surface area contributed by atoms with Gasteiger partial charge in [-0.05, 0) is 72.3 Å². The van der Waals surface area contributed by atoms with Crippen molar-refractivity contribution in [3.05, 3.63) is 160 Å². The molecule has 5 aromatic carbocycles. The van der Waals surface area contributed by atoms with Crippen molar-refractivity contribution in [2.45, 2.75) is 10.1 Å². The molecule has 0 aliphatic carbocycles. The minimum atomic E-state index is -0.568. The zero-order valence-corrected chi connectivity index (χ0v) is 27.2. The molecule has 3 amide bonds. The van der Waals surface area contributed by atoms with Gasteiger partial charge in [0.1, 0.15) is 16.7 Å². The average molecular weight is 693 g/mol. The van der Waals surface area contributed by atoms with Crippen molar-refractivity contribution in [1.82, 2.24) is 5.32 Å². The molecule has 0 spiro atoms. The Bertz CT molecular complexity index is 1850. The van der Waals surface area contributed by atoms with Gasteiger partial charge in [-0.2, -0.15) is 0 Å². The van der Waals surface area contributed by atoms with Crippen molar-refractivity contribution in [3.63, 3.8) is 0 Å². The fourth-order valence-corrected chi connectivity index (χ4v) is 5.85. The Balaban J connectivity index is 1.39. The van der Waals surface area contributed by atoms with Crippen LogP contribution in [0.15, 0.2) is 149 Å². The topological polar surface area (TPSA) is 96.5 Å². The maximum Gasteiger partial charge on any atom is 0.272 e. The molecule has 0 saturated heterocycles. The predicted octanol–water partition coefficient (Wildman–Crippen LogP) is 8.34. The molecule has 7 nitrogen and oxygen atoms in total. The Hall–Kier alpha value is -5.12. The van der Waals surface area contributed by atoms with E-state index in [9.17, 15) is 14.4 Å². The number of amides is 3. The van der Waals surface area contributed by atoms with Gasteiger partial charge in [-0.25, -0.2) is 0 Å². The lowest BCUT2D eigenvalue weighted by atomic mass is 10.1. The van der Waals surface area contributed by atoms with E-state index < -0.39 is 17.1 Å². The van der Waals surface area contributed by atoms with Crippen molar-refractivity contribution >= 4 is 62.9 Å². The molecule has 0 bridgehead atoms. The van der Waals surface area contributed by atoms with E-state index in [2.05, 4.69) is 31.9 Å². The van der Waals surface area contributed by atoms with Crippen LogP contribution in [0.5, 0.6) is 5.75 Å². The van der Waals surface area contributed by atoms with Gasteiger partial charge in [0, 0.05) is 31.9 Å². The quantitative estimate of drug-likeness (QED) is 0.0956. The third-order valence-corrected chi connectivity index (χ3v) is 8.54. The summed E-state index contributed by atoms with van der Waals surface area (Å²) in [7, 11) is 1.54. The van der Waals surface area contributed by atoms with E-state index >= 15 is 0 Å². The van der Waals surface area contributed by atoms with Gasteiger partial charge in [0.05, 0.1) is 7.11 Å². The molecule has 0 heterocycles. The minimum Gasteiger partial charge on any atom is -0.496 e. The van der Waals surface area contributed by atoms with E-state index in [4.69, 9.17) is 4.74 Å². The van der Waals surface area contributed by atoms with Gasteiger partial charge in [-0.1, -0.05) is 88.7 Å². The minimum absolute atomic E-state index is 0.0347. The first-order valence-electron chi connectivity index (χ1n) is 14.3. The molecule has 46 heavy (non-hydrogen) atoms. The summed E-state index contributed by atoms with van der Waals surface area (Å²) < 4.78 is 6.37. The van der Waals surface area contributed by atoms with Crippen LogP contribution in [0.4, 0.5) is 11.4 Å². The summed E-state index contributed by atoms with van der Waals surface area (Å²) in [6.07, 6.45) is 1.57. The molecule has 0 saturated carbocycles. The van der Waals surface area contributed by atoms with Crippen molar-refractivity contribution in [3.8, 4) is 5.75 Å². The normalized spacial score (nSPS) is 11.7. The van der Waals surface area contributed by atoms with E-state index in [0.717, 1.165) is 14.9 Å². The standard InChI is InChI=1S/C37H30BrN3O4S/c1-45-33-18-9-8-15-27(33)23-32(41-35(42)26-13-6-3-7-14-26)36(43)40-30-16-10-17-31(24-30)46-34(25-11-4-2-5-12-25)37(44)39-29-21-19-28(38)20-22-29/h2-24,34H,1H3,(H,39,44)(H,40,43)(H,41,42)/b32-23+. The number of methoxy groups -OCH3 is 1. The second kappa shape index (κ2) is 15.7. The van der Waals surface area contributed by atoms with Gasteiger partial charge < -0.3 is 20.7 Å². The molecule has 1 atom stereocenters. The molecule has 0 aliphatic rings. The fourth-order valence-electron chi connectivity index (χ4n) is 4.51. The van der Waals surface area contributed by atoms with Crippen LogP contribution < -0.4 is 20.7 Å². The molecule has 1 unspecified atom stereocenters. The number of ether oxygens (including phenoxy) is 1. The monoisotopic (exact) mass is 691 g/mol. The maximum atomic E-state index is 13.7. The van der Waals surface area contributed by atoms with E-state index in [-0.39, 0.29) is 11.6 Å². The number of hydrogen-bond acceptors (Lipinski definition) is 5. The highest BCUT2D eigenvalue weighted by atomic mass is 79.9. The summed E-state index contributed by atoms with van der Waals surface area (Å²) in [5.74, 6) is -0.583. The molecular formula is C37H30BrN3O4S. The van der Waals surface area contributed by atoms with Crippen LogP contribution >= 0.6 is 27.7 Å². The first-order chi connectivity index (χ1) is 22.4. The lowest BCUT2D eigenvalue weighted by molar-refractivity contribution is -0.116. The summed E-state index contributed by atoms with van der Waals surface area (Å²) >= 11 is 4.79. The number of thioether (sulfide) groups is 1. The molecule has 0 aromatic heterocycles. The van der Waals surface area contributed by atoms with E-state index in [1.54, 1.807) is 67.8 Å². The SMILES string of the molecule is COc1ccccc1/C=C(/NC(=O)c1ccccc1)C(=O)Nc1cccc(SC(C(=O)Nc2ccc(Br)cc2)c2ccccc2)c1. The Labute approximate surface area is 280 Å². The number of carbonyl (C=O) groups excluding carboxylic acids is 3. The smallest absolute Gasteiger partial charge is 0.272 e. The predicted molar refractivity (Wildman–Crippen MR) is 188 cm³/mol. The molecule has 3 N–H and O–H groups in total. The largest absolute Gasteiger partial charge is 0.496 e. The molecule has 0 fully saturated rings. The van der Waals surface area contributed by atoms with Crippen LogP contribution in [0.2, 0.25) is 0 Å². The van der Waals surface area contributed by atoms with Crippen LogP contribution in [-0.4, -0.2) is 24.8 Å². The van der Waals surface area contributed by atoms with Crippen LogP contribution in [0.1, 0.15) is 26.7 Å². The van der Waals surface area contributed by atoms with E-state index in [1.165, 1.54) is 11.8 Å². The van der Waals surface area contributed by atoms with Gasteiger partial charge in [0.15, 0.2) is 0 Å². The van der Waals surface area contributed by atoms with Gasteiger partial charge >= 0.3 is 0 Å². The average Bonchev–Trinajstić information content (AvgIpc) is 3.09. The number of carbonyl (C=O) groups is 3. The van der Waals surface area contributed by atoms with Crippen molar-refractivity contribution in [2.24, 2.45) is 0 Å². The van der Waals surface area contributed by atoms with E-state index in [1.807, 2.05) is 78.9 Å². The highest BCUT2D eigenvalue weighted by Crippen LogP contribution is 2.37. The van der Waals surface area contributed by atoms with E-state index in [0.29, 0.717) is 28.3 Å². The van der Waals surface area contributed by atoms with Crippen molar-refractivity contribution < 1.29 is 19.1 Å². The number of para-hydroxylation sites is 1. The Morgan fingerprint density at radius 1 is 0.739 bits per heavy atom. The number of anilines is 2. The lowest BCUT2D eigenvalue weighted by Gasteiger charge is -2.18. The van der Waals surface area contributed by atoms with Gasteiger partial charge in [-0.15, -0.1) is 11.8 Å². The first-order valence-corrected chi connectivity index (χ1v) is 16.0. The zero-order valence-electron chi connectivity index (χ0n) is 24.8. The maximum absolute atomic E-state index is 13.7. The highest BCUT2D eigenvalue weighted by Gasteiger charge is 2.23. The lowest BCUT2D eigenvalue weighted by Crippen LogP contribution is -2.30. The molecule has 5 aromatic rings. The van der Waals surface area contributed by atoms with Gasteiger partial charge in [0.25, 0.3) is 11.8 Å². The van der Waals surface area contributed by atoms with Crippen LogP contribution in [0, 0.1) is 0 Å². The second-order valence-corrected chi connectivity index (χ2v) is 12.1. The molecular weight excluding hydrogens is 662 g/mol. The van der Waals surface area contributed by atoms with Crippen molar-refractivity contribution in [1.29, 1.82) is 0 Å². The number of hydrogen-bond donors (Lipinski definition) is 3. The Morgan fingerprint density at radius 2 is 1.41 bits per heavy atom. The fraction of sp³-hybridized carbons (Fsp3) is 0.0541. The second-order valence-electron chi connectivity index (χ2n) is 10.0. The number of rotatable bonds is 11. The summed E-state index contributed by atoms with van der Waals surface area (Å²) in [5.41, 5.74) is 3.08. The van der Waals surface area contributed by atoms with Crippen LogP contribution in [-0.2, 0) is 9.59 Å². The summed E-state index contributed by atoms with van der Waals surface area (Å²) in [4.78, 5) is 41.0. The third kappa shape index (κ3) is 8.74. The summed E-state index contributed by atoms with van der Waals surface area (Å²) in [5, 5.41) is 8.10. The number of halogens is 1. The Kier molecular flexibility index (Phi) is 11.0. The van der Waals surface area contributed by atoms with Crippen LogP contribution in [0.3, 0.4) is 0 Å². The molecule has 0 aliphatic heterocycles. The third-order valence-electron chi connectivity index (χ3n) is 6.77. The molecule has 0 radical (unpaired) electrons.